The first kappa shape index (κ1) is 10.6. The van der Waals surface area contributed by atoms with Crippen molar-refractivity contribution in [2.75, 3.05) is 0 Å². The van der Waals surface area contributed by atoms with Crippen LogP contribution in [-0.2, 0) is 5.60 Å². The molecule has 2 rings (SSSR count). The maximum atomic E-state index is 10.6. The molecule has 0 spiro atoms. The molecule has 1 aromatic heterocycles. The third kappa shape index (κ3) is 2.20. The van der Waals surface area contributed by atoms with Gasteiger partial charge in [-0.2, -0.15) is 0 Å². The van der Waals surface area contributed by atoms with Crippen molar-refractivity contribution in [2.24, 2.45) is 5.92 Å². The molecule has 0 aliphatic heterocycles. The second kappa shape index (κ2) is 3.93. The van der Waals surface area contributed by atoms with Gasteiger partial charge in [0.1, 0.15) is 0 Å². The zero-order chi connectivity index (χ0) is 10.9. The number of rotatable bonds is 1. The van der Waals surface area contributed by atoms with E-state index in [4.69, 9.17) is 0 Å². The van der Waals surface area contributed by atoms with Gasteiger partial charge < -0.3 is 5.11 Å². The fourth-order valence-electron chi connectivity index (χ4n) is 2.53. The van der Waals surface area contributed by atoms with Crippen LogP contribution in [0.2, 0.25) is 0 Å². The van der Waals surface area contributed by atoms with Gasteiger partial charge in [-0.15, -0.1) is 0 Å². The van der Waals surface area contributed by atoms with Crippen molar-refractivity contribution in [3.05, 3.63) is 29.6 Å². The van der Waals surface area contributed by atoms with Crippen LogP contribution >= 0.6 is 0 Å². The highest BCUT2D eigenvalue weighted by Crippen LogP contribution is 2.39. The van der Waals surface area contributed by atoms with Gasteiger partial charge in [-0.05, 0) is 38.2 Å². The van der Waals surface area contributed by atoms with Gasteiger partial charge in [0.05, 0.1) is 5.60 Å². The molecule has 0 amide bonds. The van der Waals surface area contributed by atoms with Crippen LogP contribution in [0.1, 0.15) is 43.9 Å². The standard InChI is InChI=1S/C13H19NO/c1-10-4-3-7-13(15,8-10)12-6-5-11(2)14-9-12/h5-6,9-10,15H,3-4,7-8H2,1-2H3. The van der Waals surface area contributed by atoms with Gasteiger partial charge in [0.25, 0.3) is 0 Å². The minimum absolute atomic E-state index is 0.616. The lowest BCUT2D eigenvalue weighted by molar-refractivity contribution is -0.0181. The summed E-state index contributed by atoms with van der Waals surface area (Å²) < 4.78 is 0. The van der Waals surface area contributed by atoms with Crippen LogP contribution in [0.15, 0.2) is 18.3 Å². The number of pyridine rings is 1. The minimum atomic E-state index is -0.627. The fourth-order valence-corrected chi connectivity index (χ4v) is 2.53. The first-order valence-electron chi connectivity index (χ1n) is 5.76. The van der Waals surface area contributed by atoms with E-state index in [2.05, 4.69) is 11.9 Å². The average molecular weight is 205 g/mol. The number of aromatic nitrogens is 1. The van der Waals surface area contributed by atoms with Crippen molar-refractivity contribution in [2.45, 2.75) is 45.1 Å². The van der Waals surface area contributed by atoms with Gasteiger partial charge in [-0.25, -0.2) is 0 Å². The molecule has 1 saturated carbocycles. The Hall–Kier alpha value is -0.890. The van der Waals surface area contributed by atoms with E-state index >= 15 is 0 Å². The number of aryl methyl sites for hydroxylation is 1. The molecule has 1 fully saturated rings. The molecule has 1 heterocycles. The lowest BCUT2D eigenvalue weighted by Crippen LogP contribution is -2.31. The Morgan fingerprint density at radius 3 is 2.87 bits per heavy atom. The molecule has 82 valence electrons. The van der Waals surface area contributed by atoms with Crippen LogP contribution < -0.4 is 0 Å². The van der Waals surface area contributed by atoms with Crippen molar-refractivity contribution >= 4 is 0 Å². The summed E-state index contributed by atoms with van der Waals surface area (Å²) in [7, 11) is 0. The second-order valence-corrected chi connectivity index (χ2v) is 4.92. The summed E-state index contributed by atoms with van der Waals surface area (Å²) in [6, 6.07) is 3.99. The Kier molecular flexibility index (Phi) is 2.79. The summed E-state index contributed by atoms with van der Waals surface area (Å²) in [4.78, 5) is 4.26. The van der Waals surface area contributed by atoms with Crippen LogP contribution in [0, 0.1) is 12.8 Å². The number of hydrogen-bond donors (Lipinski definition) is 1. The van der Waals surface area contributed by atoms with Gasteiger partial charge in [0.15, 0.2) is 0 Å². The first-order chi connectivity index (χ1) is 7.10. The molecule has 1 N–H and O–H groups in total. The monoisotopic (exact) mass is 205 g/mol. The molecule has 2 unspecified atom stereocenters. The molecule has 2 nitrogen and oxygen atoms in total. The van der Waals surface area contributed by atoms with Crippen LogP contribution in [-0.4, -0.2) is 10.1 Å². The quantitative estimate of drug-likeness (QED) is 0.764. The van der Waals surface area contributed by atoms with E-state index < -0.39 is 5.60 Å². The van der Waals surface area contributed by atoms with Gasteiger partial charge in [0.2, 0.25) is 0 Å². The van der Waals surface area contributed by atoms with E-state index in [1.165, 1.54) is 6.42 Å². The van der Waals surface area contributed by atoms with Crippen LogP contribution in [0.25, 0.3) is 0 Å². The topological polar surface area (TPSA) is 33.1 Å². The highest BCUT2D eigenvalue weighted by atomic mass is 16.3. The van der Waals surface area contributed by atoms with E-state index in [-0.39, 0.29) is 0 Å². The number of aliphatic hydroxyl groups is 1. The van der Waals surface area contributed by atoms with Crippen molar-refractivity contribution < 1.29 is 5.11 Å². The fraction of sp³-hybridized carbons (Fsp3) is 0.615. The molecule has 1 aliphatic rings. The van der Waals surface area contributed by atoms with Crippen molar-refractivity contribution in [1.29, 1.82) is 0 Å². The smallest absolute Gasteiger partial charge is 0.0913 e. The minimum Gasteiger partial charge on any atom is -0.385 e. The molecule has 0 bridgehead atoms. The van der Waals surface area contributed by atoms with Gasteiger partial charge >= 0.3 is 0 Å². The maximum Gasteiger partial charge on any atom is 0.0913 e. The molecule has 0 aromatic carbocycles. The summed E-state index contributed by atoms with van der Waals surface area (Å²) in [5.41, 5.74) is 1.36. The summed E-state index contributed by atoms with van der Waals surface area (Å²) >= 11 is 0. The lowest BCUT2D eigenvalue weighted by atomic mass is 9.75. The average Bonchev–Trinajstić information content (AvgIpc) is 2.18. The molecule has 1 aromatic rings. The number of nitrogens with zero attached hydrogens (tertiary/aromatic N) is 1. The van der Waals surface area contributed by atoms with E-state index in [0.717, 1.165) is 30.5 Å². The Bertz CT molecular complexity index is 333. The molecular formula is C13H19NO. The largest absolute Gasteiger partial charge is 0.385 e. The van der Waals surface area contributed by atoms with Gasteiger partial charge in [0, 0.05) is 17.5 Å². The van der Waals surface area contributed by atoms with E-state index in [1.807, 2.05) is 25.3 Å². The van der Waals surface area contributed by atoms with E-state index in [9.17, 15) is 5.11 Å². The highest BCUT2D eigenvalue weighted by molar-refractivity contribution is 5.21. The second-order valence-electron chi connectivity index (χ2n) is 4.92. The molecular weight excluding hydrogens is 186 g/mol. The molecule has 2 heteroatoms. The Morgan fingerprint density at radius 1 is 1.47 bits per heavy atom. The number of hydrogen-bond acceptors (Lipinski definition) is 2. The maximum absolute atomic E-state index is 10.6. The zero-order valence-corrected chi connectivity index (χ0v) is 9.53. The molecule has 1 aliphatic carbocycles. The van der Waals surface area contributed by atoms with E-state index in [0.29, 0.717) is 5.92 Å². The third-order valence-corrected chi connectivity index (χ3v) is 3.42. The van der Waals surface area contributed by atoms with Crippen LogP contribution in [0.5, 0.6) is 0 Å². The Balaban J connectivity index is 2.24. The normalized spacial score (nSPS) is 31.5. The highest BCUT2D eigenvalue weighted by Gasteiger charge is 2.34. The molecule has 0 saturated heterocycles. The molecule has 15 heavy (non-hydrogen) atoms. The first-order valence-corrected chi connectivity index (χ1v) is 5.76. The Labute approximate surface area is 91.4 Å². The summed E-state index contributed by atoms with van der Waals surface area (Å²) in [5, 5.41) is 10.6. The Morgan fingerprint density at radius 2 is 2.27 bits per heavy atom. The molecule has 0 radical (unpaired) electrons. The van der Waals surface area contributed by atoms with Crippen LogP contribution in [0.4, 0.5) is 0 Å². The van der Waals surface area contributed by atoms with Crippen molar-refractivity contribution in [3.8, 4) is 0 Å². The summed E-state index contributed by atoms with van der Waals surface area (Å²) in [6.07, 6.45) is 5.93. The van der Waals surface area contributed by atoms with Crippen LogP contribution in [0.3, 0.4) is 0 Å². The SMILES string of the molecule is Cc1ccc(C2(O)CCCC(C)C2)cn1. The van der Waals surface area contributed by atoms with Gasteiger partial charge in [-0.1, -0.05) is 19.4 Å². The van der Waals surface area contributed by atoms with Crippen molar-refractivity contribution in [1.82, 2.24) is 4.98 Å². The molecule has 2 atom stereocenters. The van der Waals surface area contributed by atoms with E-state index in [1.54, 1.807) is 0 Å². The summed E-state index contributed by atoms with van der Waals surface area (Å²) in [6.45, 7) is 4.18. The third-order valence-electron chi connectivity index (χ3n) is 3.42. The predicted octanol–water partition coefficient (Wildman–Crippen LogP) is 2.79. The van der Waals surface area contributed by atoms with Gasteiger partial charge in [-0.3, -0.25) is 4.98 Å². The zero-order valence-electron chi connectivity index (χ0n) is 9.53. The summed E-state index contributed by atoms with van der Waals surface area (Å²) in [5.74, 6) is 0.616. The lowest BCUT2D eigenvalue weighted by Gasteiger charge is -2.35. The van der Waals surface area contributed by atoms with Crippen molar-refractivity contribution in [3.63, 3.8) is 0 Å². The predicted molar refractivity (Wildman–Crippen MR) is 60.5 cm³/mol.